The minimum absolute atomic E-state index is 0.0431. The van der Waals surface area contributed by atoms with E-state index in [1.165, 1.54) is 23.1 Å². The summed E-state index contributed by atoms with van der Waals surface area (Å²) in [5, 5.41) is 0. The average Bonchev–Trinajstić information content (AvgIpc) is 3.10. The van der Waals surface area contributed by atoms with E-state index in [9.17, 15) is 18.4 Å². The molecule has 0 radical (unpaired) electrons. The molecule has 2 heterocycles. The number of piperidine rings is 1. The Hall–Kier alpha value is -2.22. The quantitative estimate of drug-likeness (QED) is 0.881. The molecule has 2 aliphatic rings. The molecule has 0 aliphatic carbocycles. The number of likely N-dealkylation sites (tertiary alicyclic amines) is 2. The van der Waals surface area contributed by atoms with Crippen molar-refractivity contribution in [3.05, 3.63) is 29.8 Å². The third-order valence-electron chi connectivity index (χ3n) is 4.90. The average molecular weight is 367 g/mol. The highest BCUT2D eigenvalue weighted by atomic mass is 19.3. The van der Waals surface area contributed by atoms with Crippen molar-refractivity contribution in [2.75, 3.05) is 19.6 Å². The van der Waals surface area contributed by atoms with Gasteiger partial charge in [-0.25, -0.2) is 0 Å². The summed E-state index contributed by atoms with van der Waals surface area (Å²) in [5.74, 6) is -0.748. The van der Waals surface area contributed by atoms with Gasteiger partial charge in [0.15, 0.2) is 0 Å². The van der Waals surface area contributed by atoms with Crippen molar-refractivity contribution in [2.45, 2.75) is 44.4 Å². The Balaban J connectivity index is 1.77. The van der Waals surface area contributed by atoms with Crippen LogP contribution in [-0.4, -0.2) is 59.9 Å². The largest absolute Gasteiger partial charge is 0.434 e. The number of carbonyl (C=O) groups is 2. The van der Waals surface area contributed by atoms with E-state index in [1.54, 1.807) is 11.0 Å². The smallest absolute Gasteiger partial charge is 0.387 e. The summed E-state index contributed by atoms with van der Waals surface area (Å²) >= 11 is 0. The lowest BCUT2D eigenvalue weighted by Crippen LogP contribution is -2.53. The second-order valence-corrected chi connectivity index (χ2v) is 6.72. The van der Waals surface area contributed by atoms with E-state index in [4.69, 9.17) is 5.73 Å². The molecule has 2 fully saturated rings. The van der Waals surface area contributed by atoms with E-state index in [1.807, 2.05) is 0 Å². The maximum Gasteiger partial charge on any atom is 0.387 e. The zero-order valence-electron chi connectivity index (χ0n) is 14.4. The van der Waals surface area contributed by atoms with Gasteiger partial charge >= 0.3 is 6.61 Å². The Labute approximate surface area is 150 Å². The van der Waals surface area contributed by atoms with E-state index < -0.39 is 18.6 Å². The molecule has 2 amide bonds. The molecule has 2 saturated heterocycles. The number of hydrogen-bond donors (Lipinski definition) is 1. The molecular weight excluding hydrogens is 344 g/mol. The van der Waals surface area contributed by atoms with Gasteiger partial charge in [-0.2, -0.15) is 8.78 Å². The van der Waals surface area contributed by atoms with Gasteiger partial charge in [0.2, 0.25) is 5.91 Å². The van der Waals surface area contributed by atoms with Crippen LogP contribution in [0.2, 0.25) is 0 Å². The Morgan fingerprint density at radius 1 is 1.15 bits per heavy atom. The number of carbonyl (C=O) groups excluding carboxylic acids is 2. The van der Waals surface area contributed by atoms with E-state index in [2.05, 4.69) is 4.74 Å². The van der Waals surface area contributed by atoms with Crippen molar-refractivity contribution in [3.8, 4) is 5.75 Å². The number of benzene rings is 1. The molecule has 0 bridgehead atoms. The fraction of sp³-hybridized carbons (Fsp3) is 0.556. The van der Waals surface area contributed by atoms with E-state index in [-0.39, 0.29) is 23.3 Å². The van der Waals surface area contributed by atoms with E-state index in [0.717, 1.165) is 12.8 Å². The fourth-order valence-corrected chi connectivity index (χ4v) is 3.68. The van der Waals surface area contributed by atoms with Crippen molar-refractivity contribution in [1.29, 1.82) is 0 Å². The monoisotopic (exact) mass is 367 g/mol. The second kappa shape index (κ2) is 7.99. The number of nitrogens with zero attached hydrogens (tertiary/aromatic N) is 2. The Kier molecular flexibility index (Phi) is 5.70. The maximum atomic E-state index is 12.9. The van der Waals surface area contributed by atoms with Crippen LogP contribution in [-0.2, 0) is 4.79 Å². The molecule has 8 heteroatoms. The van der Waals surface area contributed by atoms with Gasteiger partial charge in [-0.1, -0.05) is 12.1 Å². The van der Waals surface area contributed by atoms with Crippen molar-refractivity contribution >= 4 is 11.8 Å². The molecule has 1 aromatic carbocycles. The van der Waals surface area contributed by atoms with Crippen LogP contribution >= 0.6 is 0 Å². The van der Waals surface area contributed by atoms with Crippen LogP contribution in [0.5, 0.6) is 5.75 Å². The Bertz CT molecular complexity index is 671. The van der Waals surface area contributed by atoms with Crippen LogP contribution in [0, 0.1) is 0 Å². The highest BCUT2D eigenvalue weighted by Gasteiger charge is 2.38. The number of ether oxygens (including phenoxy) is 1. The molecule has 3 rings (SSSR count). The number of nitrogens with two attached hydrogens (primary N) is 1. The highest BCUT2D eigenvalue weighted by Crippen LogP contribution is 2.27. The van der Waals surface area contributed by atoms with Crippen molar-refractivity contribution in [1.82, 2.24) is 9.80 Å². The topological polar surface area (TPSA) is 75.9 Å². The van der Waals surface area contributed by atoms with Gasteiger partial charge in [0.1, 0.15) is 11.8 Å². The van der Waals surface area contributed by atoms with Crippen molar-refractivity contribution in [3.63, 3.8) is 0 Å². The van der Waals surface area contributed by atoms with Crippen LogP contribution in [0.4, 0.5) is 8.78 Å². The second-order valence-electron chi connectivity index (χ2n) is 6.72. The van der Waals surface area contributed by atoms with Gasteiger partial charge < -0.3 is 20.3 Å². The minimum atomic E-state index is -3.02. The van der Waals surface area contributed by atoms with Gasteiger partial charge in [-0.15, -0.1) is 0 Å². The predicted molar refractivity (Wildman–Crippen MR) is 90.9 cm³/mol. The molecule has 142 valence electrons. The summed E-state index contributed by atoms with van der Waals surface area (Å²) in [5.41, 5.74) is 6.00. The Morgan fingerprint density at radius 2 is 1.88 bits per heavy atom. The molecule has 2 aliphatic heterocycles. The third kappa shape index (κ3) is 3.95. The first-order valence-electron chi connectivity index (χ1n) is 8.86. The van der Waals surface area contributed by atoms with Gasteiger partial charge in [0, 0.05) is 25.7 Å². The minimum Gasteiger partial charge on any atom is -0.434 e. The maximum absolute atomic E-state index is 12.9. The molecule has 0 saturated carbocycles. The molecular formula is C18H23F2N3O3. The lowest BCUT2D eigenvalue weighted by Gasteiger charge is -2.35. The molecule has 0 spiro atoms. The number of para-hydroxylation sites is 1. The lowest BCUT2D eigenvalue weighted by atomic mass is 10.0. The van der Waals surface area contributed by atoms with Crippen molar-refractivity contribution in [2.24, 2.45) is 5.73 Å². The molecule has 26 heavy (non-hydrogen) atoms. The van der Waals surface area contributed by atoms with E-state index in [0.29, 0.717) is 32.5 Å². The summed E-state index contributed by atoms with van der Waals surface area (Å²) in [6, 6.07) is 5.26. The zero-order chi connectivity index (χ0) is 18.7. The molecule has 2 atom stereocenters. The van der Waals surface area contributed by atoms with Crippen LogP contribution in [0.15, 0.2) is 24.3 Å². The van der Waals surface area contributed by atoms with Gasteiger partial charge in [-0.05, 0) is 37.8 Å². The fourth-order valence-electron chi connectivity index (χ4n) is 3.68. The summed E-state index contributed by atoms with van der Waals surface area (Å²) < 4.78 is 29.7. The van der Waals surface area contributed by atoms with Crippen molar-refractivity contribution < 1.29 is 23.1 Å². The van der Waals surface area contributed by atoms with Crippen LogP contribution in [0.25, 0.3) is 0 Å². The van der Waals surface area contributed by atoms with Gasteiger partial charge in [0.25, 0.3) is 5.91 Å². The van der Waals surface area contributed by atoms with E-state index >= 15 is 0 Å². The molecule has 2 unspecified atom stereocenters. The SMILES string of the molecule is NC1CCCN(C(=O)C2CCCN2C(=O)c2ccccc2OC(F)F)C1. The standard InChI is InChI=1S/C18H23F2N3O3/c19-18(20)26-15-8-2-1-6-13(15)16(24)23-10-4-7-14(23)17(25)22-9-3-5-12(21)11-22/h1-2,6,8,12,14,18H,3-5,7,9-11,21H2. The first-order valence-corrected chi connectivity index (χ1v) is 8.86. The molecule has 0 aromatic heterocycles. The number of alkyl halides is 2. The molecule has 6 nitrogen and oxygen atoms in total. The highest BCUT2D eigenvalue weighted by molar-refractivity contribution is 6.00. The summed E-state index contributed by atoms with van der Waals surface area (Å²) in [6.07, 6.45) is 2.99. The van der Waals surface area contributed by atoms with Gasteiger partial charge in [0.05, 0.1) is 5.56 Å². The number of amides is 2. The van der Waals surface area contributed by atoms with Crippen LogP contribution in [0.1, 0.15) is 36.0 Å². The first-order chi connectivity index (χ1) is 12.5. The molecule has 1 aromatic rings. The van der Waals surface area contributed by atoms with Crippen LogP contribution < -0.4 is 10.5 Å². The number of halogens is 2. The third-order valence-corrected chi connectivity index (χ3v) is 4.90. The number of hydrogen-bond acceptors (Lipinski definition) is 4. The lowest BCUT2D eigenvalue weighted by molar-refractivity contribution is -0.136. The van der Waals surface area contributed by atoms with Crippen LogP contribution in [0.3, 0.4) is 0 Å². The van der Waals surface area contributed by atoms with Gasteiger partial charge in [-0.3, -0.25) is 9.59 Å². The predicted octanol–water partition coefficient (Wildman–Crippen LogP) is 1.84. The normalized spacial score (nSPS) is 23.4. The number of rotatable bonds is 4. The molecule has 2 N–H and O–H groups in total. The summed E-state index contributed by atoms with van der Waals surface area (Å²) in [4.78, 5) is 29.0. The summed E-state index contributed by atoms with van der Waals surface area (Å²) in [6.45, 7) is -1.48. The summed E-state index contributed by atoms with van der Waals surface area (Å²) in [7, 11) is 0. The first kappa shape index (κ1) is 18.6. The Morgan fingerprint density at radius 3 is 2.62 bits per heavy atom. The zero-order valence-corrected chi connectivity index (χ0v) is 14.4.